The van der Waals surface area contributed by atoms with Crippen molar-refractivity contribution in [1.82, 2.24) is 0 Å². The first-order valence-corrected chi connectivity index (χ1v) is 6.47. The molecule has 0 fully saturated rings. The summed E-state index contributed by atoms with van der Waals surface area (Å²) in [6.45, 7) is 0. The van der Waals surface area contributed by atoms with Crippen LogP contribution in [0.25, 0.3) is 0 Å². The monoisotopic (exact) mass is 234 g/mol. The molecule has 0 aromatic heterocycles. The van der Waals surface area contributed by atoms with Crippen molar-refractivity contribution in [1.29, 1.82) is 0 Å². The average Bonchev–Trinajstić information content (AvgIpc) is 2.21. The highest BCUT2D eigenvalue weighted by atomic mass is 35.5. The lowest BCUT2D eigenvalue weighted by Gasteiger charge is -1.99. The SMILES string of the molecule is ClC#CCCCCCCCCCCCl. The van der Waals surface area contributed by atoms with Crippen LogP contribution in [-0.4, -0.2) is 5.88 Å². The molecule has 0 saturated heterocycles. The van der Waals surface area contributed by atoms with E-state index in [1.165, 1.54) is 51.4 Å². The minimum Gasteiger partial charge on any atom is -0.127 e. The first-order chi connectivity index (χ1) is 6.91. The van der Waals surface area contributed by atoms with Crippen molar-refractivity contribution in [2.45, 2.75) is 57.8 Å². The van der Waals surface area contributed by atoms with Crippen LogP contribution in [0, 0.1) is 11.3 Å². The molecule has 0 aromatic rings. The molecule has 0 aliphatic heterocycles. The molecule has 14 heavy (non-hydrogen) atoms. The van der Waals surface area contributed by atoms with Crippen LogP contribution in [-0.2, 0) is 0 Å². The summed E-state index contributed by atoms with van der Waals surface area (Å²) in [6, 6.07) is 0. The van der Waals surface area contributed by atoms with Gasteiger partial charge in [0.2, 0.25) is 0 Å². The van der Waals surface area contributed by atoms with Crippen LogP contribution < -0.4 is 0 Å². The van der Waals surface area contributed by atoms with Crippen molar-refractivity contribution < 1.29 is 0 Å². The van der Waals surface area contributed by atoms with Crippen molar-refractivity contribution in [3.05, 3.63) is 0 Å². The normalized spacial score (nSPS) is 9.57. The fourth-order valence-corrected chi connectivity index (χ4v) is 1.70. The molecule has 0 saturated carbocycles. The summed E-state index contributed by atoms with van der Waals surface area (Å²) in [6.07, 6.45) is 11.3. The molecule has 0 radical (unpaired) electrons. The predicted octanol–water partition coefficient (Wildman–Crippen LogP) is 4.94. The molecule has 0 nitrogen and oxygen atoms in total. The van der Waals surface area contributed by atoms with Crippen LogP contribution >= 0.6 is 23.2 Å². The Labute approximate surface area is 98.4 Å². The van der Waals surface area contributed by atoms with E-state index in [0.29, 0.717) is 0 Å². The van der Waals surface area contributed by atoms with Crippen LogP contribution in [0.15, 0.2) is 0 Å². The van der Waals surface area contributed by atoms with Gasteiger partial charge in [-0.15, -0.1) is 11.6 Å². The number of hydrogen-bond donors (Lipinski definition) is 0. The third-order valence-corrected chi connectivity index (χ3v) is 2.65. The van der Waals surface area contributed by atoms with Gasteiger partial charge in [0.05, 0.1) is 0 Å². The third kappa shape index (κ3) is 12.1. The Balaban J connectivity index is 2.87. The van der Waals surface area contributed by atoms with E-state index in [1.807, 2.05) is 0 Å². The molecule has 0 amide bonds. The molecule has 0 aromatic carbocycles. The lowest BCUT2D eigenvalue weighted by molar-refractivity contribution is 0.580. The minimum absolute atomic E-state index is 0.817. The van der Waals surface area contributed by atoms with Gasteiger partial charge in [0.1, 0.15) is 0 Å². The van der Waals surface area contributed by atoms with E-state index >= 15 is 0 Å². The summed E-state index contributed by atoms with van der Waals surface area (Å²) in [5.74, 6) is 3.68. The molecule has 0 heterocycles. The molecule has 0 aliphatic carbocycles. The fraction of sp³-hybridized carbons (Fsp3) is 0.833. The summed E-state index contributed by atoms with van der Waals surface area (Å²) in [5.41, 5.74) is 0. The van der Waals surface area contributed by atoms with Crippen LogP contribution in [0.2, 0.25) is 0 Å². The molecular formula is C12H20Cl2. The van der Waals surface area contributed by atoms with Crippen molar-refractivity contribution >= 4 is 23.2 Å². The Morgan fingerprint density at radius 3 is 1.71 bits per heavy atom. The van der Waals surface area contributed by atoms with Crippen LogP contribution in [0.1, 0.15) is 57.8 Å². The molecule has 0 unspecified atom stereocenters. The Morgan fingerprint density at radius 1 is 0.714 bits per heavy atom. The van der Waals surface area contributed by atoms with Crippen LogP contribution in [0.5, 0.6) is 0 Å². The molecule has 0 bridgehead atoms. The molecule has 0 aliphatic rings. The van der Waals surface area contributed by atoms with Crippen molar-refractivity contribution in [3.63, 3.8) is 0 Å². The van der Waals surface area contributed by atoms with Gasteiger partial charge >= 0.3 is 0 Å². The van der Waals surface area contributed by atoms with E-state index in [0.717, 1.165) is 12.3 Å². The Bertz CT molecular complexity index is 155. The zero-order valence-corrected chi connectivity index (χ0v) is 10.3. The Morgan fingerprint density at radius 2 is 1.21 bits per heavy atom. The van der Waals surface area contributed by atoms with Gasteiger partial charge in [-0.05, 0) is 24.4 Å². The van der Waals surface area contributed by atoms with Crippen LogP contribution in [0.4, 0.5) is 0 Å². The zero-order valence-electron chi connectivity index (χ0n) is 8.83. The highest BCUT2D eigenvalue weighted by Gasteiger charge is 1.91. The zero-order chi connectivity index (χ0) is 10.5. The predicted molar refractivity (Wildman–Crippen MR) is 65.9 cm³/mol. The summed E-state index contributed by atoms with van der Waals surface area (Å²) >= 11 is 10.8. The van der Waals surface area contributed by atoms with Gasteiger partial charge in [0.25, 0.3) is 0 Å². The second kappa shape index (κ2) is 13.1. The molecular weight excluding hydrogens is 215 g/mol. The number of halogens is 2. The molecule has 2 heteroatoms. The first kappa shape index (κ1) is 14.1. The second-order valence-electron chi connectivity index (χ2n) is 3.54. The Hall–Kier alpha value is 0.140. The highest BCUT2D eigenvalue weighted by molar-refractivity contribution is 6.30. The molecule has 0 N–H and O–H groups in total. The summed E-state index contributed by atoms with van der Waals surface area (Å²) in [5, 5.41) is 2.40. The van der Waals surface area contributed by atoms with E-state index in [1.54, 1.807) is 0 Å². The lowest BCUT2D eigenvalue weighted by atomic mass is 10.1. The summed E-state index contributed by atoms with van der Waals surface area (Å²) < 4.78 is 0. The second-order valence-corrected chi connectivity index (χ2v) is 4.11. The van der Waals surface area contributed by atoms with E-state index in [2.05, 4.69) is 11.3 Å². The van der Waals surface area contributed by atoms with Crippen molar-refractivity contribution in [3.8, 4) is 11.3 Å². The maximum absolute atomic E-state index is 5.59. The van der Waals surface area contributed by atoms with Gasteiger partial charge < -0.3 is 0 Å². The summed E-state index contributed by atoms with van der Waals surface area (Å²) in [7, 11) is 0. The van der Waals surface area contributed by atoms with Gasteiger partial charge in [-0.25, -0.2) is 0 Å². The molecule has 82 valence electrons. The van der Waals surface area contributed by atoms with Gasteiger partial charge in [0, 0.05) is 17.7 Å². The van der Waals surface area contributed by atoms with E-state index < -0.39 is 0 Å². The van der Waals surface area contributed by atoms with Gasteiger partial charge in [-0.3, -0.25) is 0 Å². The van der Waals surface area contributed by atoms with Gasteiger partial charge in [0.15, 0.2) is 0 Å². The van der Waals surface area contributed by atoms with E-state index in [4.69, 9.17) is 23.2 Å². The maximum atomic E-state index is 5.59. The number of hydrogen-bond acceptors (Lipinski definition) is 0. The van der Waals surface area contributed by atoms with E-state index in [9.17, 15) is 0 Å². The quantitative estimate of drug-likeness (QED) is 0.302. The summed E-state index contributed by atoms with van der Waals surface area (Å²) in [4.78, 5) is 0. The van der Waals surface area contributed by atoms with Gasteiger partial charge in [-0.1, -0.05) is 44.4 Å². The fourth-order valence-electron chi connectivity index (χ4n) is 1.42. The van der Waals surface area contributed by atoms with Gasteiger partial charge in [-0.2, -0.15) is 0 Å². The highest BCUT2D eigenvalue weighted by Crippen LogP contribution is 2.09. The minimum atomic E-state index is 0.817. The number of rotatable bonds is 9. The first-order valence-electron chi connectivity index (χ1n) is 5.56. The maximum Gasteiger partial charge on any atom is 0.0223 e. The Kier molecular flexibility index (Phi) is 13.3. The van der Waals surface area contributed by atoms with Crippen LogP contribution in [0.3, 0.4) is 0 Å². The molecule has 0 spiro atoms. The largest absolute Gasteiger partial charge is 0.127 e. The third-order valence-electron chi connectivity index (χ3n) is 2.25. The van der Waals surface area contributed by atoms with Crippen molar-refractivity contribution in [2.24, 2.45) is 0 Å². The standard InChI is InChI=1S/C12H20Cl2/c13-11-9-7-5-3-1-2-4-6-8-10-12-14/h1-9,11H2. The number of unbranched alkanes of at least 4 members (excludes halogenated alkanes) is 8. The smallest absolute Gasteiger partial charge is 0.0223 e. The van der Waals surface area contributed by atoms with Crippen molar-refractivity contribution in [2.75, 3.05) is 5.88 Å². The van der Waals surface area contributed by atoms with E-state index in [-0.39, 0.29) is 0 Å². The molecule has 0 rings (SSSR count). The lowest BCUT2D eigenvalue weighted by Crippen LogP contribution is -1.81. The topological polar surface area (TPSA) is 0 Å². The molecule has 0 atom stereocenters. The number of alkyl halides is 1. The average molecular weight is 235 g/mol.